The van der Waals surface area contributed by atoms with Gasteiger partial charge in [0.25, 0.3) is 6.43 Å². The van der Waals surface area contributed by atoms with Crippen molar-refractivity contribution in [1.29, 1.82) is 0 Å². The summed E-state index contributed by atoms with van der Waals surface area (Å²) in [6, 6.07) is 0. The maximum Gasteiger partial charge on any atom is 0.385 e. The fraction of sp³-hybridized carbons (Fsp3) is 0.714. The van der Waals surface area contributed by atoms with E-state index in [0.29, 0.717) is 0 Å². The molecule has 0 aliphatic heterocycles. The molecule has 1 aliphatic rings. The van der Waals surface area contributed by atoms with Crippen molar-refractivity contribution >= 4 is 0 Å². The number of halogens is 11. The number of allylic oxidation sites excluding steroid dienone is 2. The zero-order valence-electron chi connectivity index (χ0n) is 7.73. The standard InChI is InChI=1S/C7HF11/c8-2-1(3(9)10)4(11,12)6(15,16)7(17,18)5(2,13)14/h3H. The van der Waals surface area contributed by atoms with Gasteiger partial charge in [-0.1, -0.05) is 0 Å². The van der Waals surface area contributed by atoms with Crippen LogP contribution in [0.15, 0.2) is 11.4 Å². The highest BCUT2D eigenvalue weighted by Gasteiger charge is 2.87. The molecule has 0 heterocycles. The number of hydrogen-bond acceptors (Lipinski definition) is 0. The second kappa shape index (κ2) is 3.50. The summed E-state index contributed by atoms with van der Waals surface area (Å²) in [5, 5.41) is 0. The Labute approximate surface area is 91.1 Å². The van der Waals surface area contributed by atoms with E-state index in [1.54, 1.807) is 0 Å². The van der Waals surface area contributed by atoms with E-state index >= 15 is 0 Å². The average Bonchev–Trinajstić information content (AvgIpc) is 2.14. The Kier molecular flexibility index (Phi) is 2.92. The van der Waals surface area contributed by atoms with Crippen LogP contribution in [0.5, 0.6) is 0 Å². The van der Waals surface area contributed by atoms with Crippen molar-refractivity contribution in [3.8, 4) is 0 Å². The Balaban J connectivity index is 3.73. The molecule has 0 amide bonds. The maximum atomic E-state index is 12.6. The predicted molar refractivity (Wildman–Crippen MR) is 33.9 cm³/mol. The largest absolute Gasteiger partial charge is 0.385 e. The molecule has 18 heavy (non-hydrogen) atoms. The molecule has 0 spiro atoms. The highest BCUT2D eigenvalue weighted by atomic mass is 19.4. The molecule has 0 N–H and O–H groups in total. The molecule has 0 atom stereocenters. The first-order valence-corrected chi connectivity index (χ1v) is 3.93. The van der Waals surface area contributed by atoms with Crippen LogP contribution in [-0.4, -0.2) is 30.1 Å². The average molecular weight is 294 g/mol. The molecule has 0 radical (unpaired) electrons. The molecule has 0 saturated carbocycles. The molecule has 0 aromatic rings. The van der Waals surface area contributed by atoms with Crippen LogP contribution in [0.4, 0.5) is 48.3 Å². The number of alkyl halides is 10. The minimum Gasteiger partial charge on any atom is -0.205 e. The Morgan fingerprint density at radius 2 is 1.00 bits per heavy atom. The van der Waals surface area contributed by atoms with Crippen LogP contribution in [0.2, 0.25) is 0 Å². The summed E-state index contributed by atoms with van der Waals surface area (Å²) in [6.07, 6.45) is -4.78. The van der Waals surface area contributed by atoms with Crippen molar-refractivity contribution in [2.24, 2.45) is 0 Å². The summed E-state index contributed by atoms with van der Waals surface area (Å²) < 4.78 is 137. The van der Waals surface area contributed by atoms with Crippen molar-refractivity contribution in [3.05, 3.63) is 11.4 Å². The Morgan fingerprint density at radius 3 is 1.33 bits per heavy atom. The zero-order valence-corrected chi connectivity index (χ0v) is 7.73. The zero-order chi connectivity index (χ0) is 14.7. The lowest BCUT2D eigenvalue weighted by molar-refractivity contribution is -0.365. The van der Waals surface area contributed by atoms with E-state index in [2.05, 4.69) is 0 Å². The molecule has 0 bridgehead atoms. The van der Waals surface area contributed by atoms with Crippen molar-refractivity contribution in [2.75, 3.05) is 0 Å². The first-order chi connectivity index (χ1) is 7.73. The van der Waals surface area contributed by atoms with Gasteiger partial charge in [-0.25, -0.2) is 13.2 Å². The highest BCUT2D eigenvalue weighted by Crippen LogP contribution is 2.62. The second-order valence-corrected chi connectivity index (χ2v) is 3.33. The van der Waals surface area contributed by atoms with Crippen LogP contribution in [0, 0.1) is 0 Å². The Hall–Kier alpha value is -1.03. The van der Waals surface area contributed by atoms with Gasteiger partial charge in [0.1, 0.15) is 5.57 Å². The van der Waals surface area contributed by atoms with Gasteiger partial charge in [0.2, 0.25) is 0 Å². The van der Waals surface area contributed by atoms with Gasteiger partial charge >= 0.3 is 23.7 Å². The van der Waals surface area contributed by atoms with Gasteiger partial charge < -0.3 is 0 Å². The summed E-state index contributed by atoms with van der Waals surface area (Å²) in [5.41, 5.74) is -3.64. The fourth-order valence-corrected chi connectivity index (χ4v) is 1.24. The molecule has 0 unspecified atom stereocenters. The van der Waals surface area contributed by atoms with Crippen LogP contribution < -0.4 is 0 Å². The summed E-state index contributed by atoms with van der Waals surface area (Å²) in [7, 11) is 0. The third-order valence-electron chi connectivity index (χ3n) is 2.25. The van der Waals surface area contributed by atoms with Gasteiger partial charge in [-0.15, -0.1) is 0 Å². The normalized spacial score (nSPS) is 28.7. The topological polar surface area (TPSA) is 0 Å². The molecule has 0 nitrogen and oxygen atoms in total. The molecular formula is C7HF11. The summed E-state index contributed by atoms with van der Waals surface area (Å²) in [5.74, 6) is -30.5. The minimum absolute atomic E-state index is 3.64. The predicted octanol–water partition coefficient (Wildman–Crippen LogP) is 4.03. The van der Waals surface area contributed by atoms with E-state index < -0.39 is 41.5 Å². The smallest absolute Gasteiger partial charge is 0.205 e. The minimum atomic E-state index is -6.86. The van der Waals surface area contributed by atoms with Crippen LogP contribution in [0.3, 0.4) is 0 Å². The first-order valence-electron chi connectivity index (χ1n) is 3.93. The van der Waals surface area contributed by atoms with E-state index in [4.69, 9.17) is 0 Å². The van der Waals surface area contributed by atoms with Crippen molar-refractivity contribution in [1.82, 2.24) is 0 Å². The molecule has 1 rings (SSSR count). The monoisotopic (exact) mass is 294 g/mol. The van der Waals surface area contributed by atoms with E-state index in [1.165, 1.54) is 0 Å². The third kappa shape index (κ3) is 1.38. The van der Waals surface area contributed by atoms with Crippen molar-refractivity contribution in [3.63, 3.8) is 0 Å². The Bertz CT molecular complexity index is 390. The van der Waals surface area contributed by atoms with Gasteiger partial charge in [0, 0.05) is 0 Å². The molecular weight excluding hydrogens is 293 g/mol. The van der Waals surface area contributed by atoms with Gasteiger partial charge in [-0.05, 0) is 0 Å². The fourth-order valence-electron chi connectivity index (χ4n) is 1.24. The third-order valence-corrected chi connectivity index (χ3v) is 2.25. The molecule has 0 saturated heterocycles. The van der Waals surface area contributed by atoms with Crippen molar-refractivity contribution in [2.45, 2.75) is 30.1 Å². The first kappa shape index (κ1) is 15.0. The Morgan fingerprint density at radius 1 is 0.667 bits per heavy atom. The molecule has 0 fully saturated rings. The second-order valence-electron chi connectivity index (χ2n) is 3.33. The lowest BCUT2D eigenvalue weighted by Crippen LogP contribution is -2.67. The summed E-state index contributed by atoms with van der Waals surface area (Å²) in [6.45, 7) is 0. The van der Waals surface area contributed by atoms with Crippen LogP contribution in [-0.2, 0) is 0 Å². The van der Waals surface area contributed by atoms with Crippen LogP contribution in [0.25, 0.3) is 0 Å². The van der Waals surface area contributed by atoms with Crippen molar-refractivity contribution < 1.29 is 48.3 Å². The molecule has 106 valence electrons. The summed E-state index contributed by atoms with van der Waals surface area (Å²) >= 11 is 0. The van der Waals surface area contributed by atoms with E-state index in [0.717, 1.165) is 0 Å². The number of rotatable bonds is 1. The van der Waals surface area contributed by atoms with Gasteiger partial charge in [0.05, 0.1) is 0 Å². The van der Waals surface area contributed by atoms with Gasteiger partial charge in [-0.2, -0.15) is 35.1 Å². The van der Waals surface area contributed by atoms with E-state index in [-0.39, 0.29) is 0 Å². The molecule has 0 aromatic heterocycles. The van der Waals surface area contributed by atoms with Gasteiger partial charge in [-0.3, -0.25) is 0 Å². The molecule has 1 aliphatic carbocycles. The quantitative estimate of drug-likeness (QED) is 0.640. The van der Waals surface area contributed by atoms with Crippen LogP contribution >= 0.6 is 0 Å². The SMILES string of the molecule is FC1=C(C(F)F)C(F)(F)C(F)(F)C(F)(F)C1(F)F. The van der Waals surface area contributed by atoms with Crippen LogP contribution in [0.1, 0.15) is 0 Å². The number of hydrogen-bond donors (Lipinski definition) is 0. The summed E-state index contributed by atoms with van der Waals surface area (Å²) in [4.78, 5) is 0. The molecule has 11 heteroatoms. The lowest BCUT2D eigenvalue weighted by Gasteiger charge is -2.41. The molecule has 0 aromatic carbocycles. The highest BCUT2D eigenvalue weighted by molar-refractivity contribution is 5.36. The lowest BCUT2D eigenvalue weighted by atomic mass is 9.85. The van der Waals surface area contributed by atoms with E-state index in [1.807, 2.05) is 0 Å². The van der Waals surface area contributed by atoms with Gasteiger partial charge in [0.15, 0.2) is 5.83 Å². The maximum absolute atomic E-state index is 12.6. The van der Waals surface area contributed by atoms with E-state index in [9.17, 15) is 48.3 Å².